The number of nitrogens with one attached hydrogen (secondary N) is 2. The van der Waals surface area contributed by atoms with Crippen LogP contribution >= 0.6 is 0 Å². The van der Waals surface area contributed by atoms with Crippen LogP contribution < -0.4 is 10.6 Å². The minimum Gasteiger partial charge on any atom is -0.379 e. The highest BCUT2D eigenvalue weighted by atomic mass is 19.1. The molecular weight excluding hydrogens is 375 g/mol. The molecule has 2 aromatic rings. The monoisotopic (exact) mass is 400 g/mol. The lowest BCUT2D eigenvalue weighted by Crippen LogP contribution is -2.42. The highest BCUT2D eigenvalue weighted by Crippen LogP contribution is 2.15. The second kappa shape index (κ2) is 9.99. The van der Waals surface area contributed by atoms with Crippen molar-refractivity contribution in [2.75, 3.05) is 57.1 Å². The lowest BCUT2D eigenvalue weighted by Gasteiger charge is -2.28. The lowest BCUT2D eigenvalue weighted by atomic mass is 10.2. The first-order valence-corrected chi connectivity index (χ1v) is 9.50. The smallest absolute Gasteiger partial charge is 0.321 e. The summed E-state index contributed by atoms with van der Waals surface area (Å²) >= 11 is 0. The SMILES string of the molecule is CN(CCN1CCOCC1)C(=O)Nc1cccc(C(=O)Nc2cccc(F)c2)c1. The Morgan fingerprint density at radius 2 is 1.76 bits per heavy atom. The number of likely N-dealkylation sites (N-methyl/N-ethyl adjacent to an activating group) is 1. The Kier molecular flexibility index (Phi) is 7.15. The van der Waals surface area contributed by atoms with Crippen LogP contribution in [-0.2, 0) is 4.74 Å². The molecule has 0 saturated carbocycles. The summed E-state index contributed by atoms with van der Waals surface area (Å²) in [5.41, 5.74) is 1.25. The average Bonchev–Trinajstić information content (AvgIpc) is 2.73. The zero-order chi connectivity index (χ0) is 20.6. The van der Waals surface area contributed by atoms with Gasteiger partial charge >= 0.3 is 6.03 Å². The molecule has 2 N–H and O–H groups in total. The first-order valence-electron chi connectivity index (χ1n) is 9.50. The molecule has 2 aromatic carbocycles. The zero-order valence-corrected chi connectivity index (χ0v) is 16.4. The van der Waals surface area contributed by atoms with Crippen molar-refractivity contribution in [3.05, 3.63) is 59.9 Å². The summed E-state index contributed by atoms with van der Waals surface area (Å²) in [6.07, 6.45) is 0. The zero-order valence-electron chi connectivity index (χ0n) is 16.4. The number of carbonyl (C=O) groups is 2. The molecule has 0 radical (unpaired) electrons. The third kappa shape index (κ3) is 6.27. The van der Waals surface area contributed by atoms with Crippen LogP contribution in [0, 0.1) is 5.82 Å². The first kappa shape index (κ1) is 20.8. The molecule has 1 heterocycles. The normalized spacial score (nSPS) is 14.3. The number of halogens is 1. The molecule has 1 aliphatic heterocycles. The molecule has 154 valence electrons. The van der Waals surface area contributed by atoms with Gasteiger partial charge in [-0.1, -0.05) is 12.1 Å². The number of rotatable bonds is 6. The van der Waals surface area contributed by atoms with Crippen LogP contribution in [-0.4, -0.2) is 68.2 Å². The quantitative estimate of drug-likeness (QED) is 0.782. The highest BCUT2D eigenvalue weighted by Gasteiger charge is 2.14. The van der Waals surface area contributed by atoms with Gasteiger partial charge < -0.3 is 20.3 Å². The summed E-state index contributed by atoms with van der Waals surface area (Å²) in [5.74, 6) is -0.809. The minimum absolute atomic E-state index is 0.249. The third-order valence-corrected chi connectivity index (χ3v) is 4.66. The summed E-state index contributed by atoms with van der Waals surface area (Å²) in [4.78, 5) is 28.7. The molecule has 0 aliphatic carbocycles. The number of benzene rings is 2. The van der Waals surface area contributed by atoms with E-state index in [2.05, 4.69) is 15.5 Å². The first-order chi connectivity index (χ1) is 14.0. The molecule has 0 atom stereocenters. The lowest BCUT2D eigenvalue weighted by molar-refractivity contribution is 0.0359. The van der Waals surface area contributed by atoms with E-state index in [1.54, 1.807) is 42.3 Å². The molecule has 0 bridgehead atoms. The Bertz CT molecular complexity index is 855. The van der Waals surface area contributed by atoms with Crippen LogP contribution in [0.1, 0.15) is 10.4 Å². The molecule has 0 spiro atoms. The van der Waals surface area contributed by atoms with Crippen LogP contribution in [0.15, 0.2) is 48.5 Å². The van der Waals surface area contributed by atoms with Gasteiger partial charge in [-0.15, -0.1) is 0 Å². The fourth-order valence-corrected chi connectivity index (χ4v) is 2.94. The van der Waals surface area contributed by atoms with Gasteiger partial charge in [-0.05, 0) is 36.4 Å². The molecule has 7 nitrogen and oxygen atoms in total. The van der Waals surface area contributed by atoms with E-state index in [0.717, 1.165) is 32.8 Å². The van der Waals surface area contributed by atoms with E-state index in [-0.39, 0.29) is 11.9 Å². The number of anilines is 2. The van der Waals surface area contributed by atoms with Crippen molar-refractivity contribution >= 4 is 23.3 Å². The summed E-state index contributed by atoms with van der Waals surface area (Å²) in [7, 11) is 1.73. The predicted octanol–water partition coefficient (Wildman–Crippen LogP) is 2.87. The van der Waals surface area contributed by atoms with Gasteiger partial charge in [-0.3, -0.25) is 9.69 Å². The Labute approximate surface area is 169 Å². The van der Waals surface area contributed by atoms with Gasteiger partial charge in [0.2, 0.25) is 0 Å². The molecule has 1 aliphatic rings. The van der Waals surface area contributed by atoms with Crippen molar-refractivity contribution in [3.63, 3.8) is 0 Å². The molecule has 8 heteroatoms. The number of morpholine rings is 1. The number of nitrogens with zero attached hydrogens (tertiary/aromatic N) is 2. The number of hydrogen-bond donors (Lipinski definition) is 2. The molecule has 1 fully saturated rings. The maximum Gasteiger partial charge on any atom is 0.321 e. The summed E-state index contributed by atoms with van der Waals surface area (Å²) in [5, 5.41) is 5.44. The molecule has 1 saturated heterocycles. The molecule has 0 unspecified atom stereocenters. The van der Waals surface area contributed by atoms with Crippen molar-refractivity contribution < 1.29 is 18.7 Å². The third-order valence-electron chi connectivity index (χ3n) is 4.66. The topological polar surface area (TPSA) is 73.9 Å². The molecular formula is C21H25FN4O3. The van der Waals surface area contributed by atoms with Crippen LogP contribution in [0.4, 0.5) is 20.6 Å². The fraction of sp³-hybridized carbons (Fsp3) is 0.333. The van der Waals surface area contributed by atoms with E-state index in [4.69, 9.17) is 4.74 Å². The summed E-state index contributed by atoms with van der Waals surface area (Å²) in [6, 6.07) is 12.0. The Morgan fingerprint density at radius 1 is 1.07 bits per heavy atom. The van der Waals surface area contributed by atoms with E-state index < -0.39 is 5.82 Å². The van der Waals surface area contributed by atoms with Gasteiger partial charge in [-0.2, -0.15) is 0 Å². The Morgan fingerprint density at radius 3 is 2.48 bits per heavy atom. The van der Waals surface area contributed by atoms with Gasteiger partial charge in [0, 0.05) is 50.2 Å². The Balaban J connectivity index is 1.54. The van der Waals surface area contributed by atoms with Crippen LogP contribution in [0.3, 0.4) is 0 Å². The second-order valence-corrected chi connectivity index (χ2v) is 6.85. The number of amides is 3. The van der Waals surface area contributed by atoms with Gasteiger partial charge in [0.05, 0.1) is 13.2 Å². The summed E-state index contributed by atoms with van der Waals surface area (Å²) < 4.78 is 18.6. The second-order valence-electron chi connectivity index (χ2n) is 6.85. The van der Waals surface area contributed by atoms with E-state index in [9.17, 15) is 14.0 Å². The summed E-state index contributed by atoms with van der Waals surface area (Å²) in [6.45, 7) is 4.56. The van der Waals surface area contributed by atoms with Crippen LogP contribution in [0.5, 0.6) is 0 Å². The number of hydrogen-bond acceptors (Lipinski definition) is 4. The van der Waals surface area contributed by atoms with Gasteiger partial charge in [0.15, 0.2) is 0 Å². The van der Waals surface area contributed by atoms with Crippen molar-refractivity contribution in [3.8, 4) is 0 Å². The minimum atomic E-state index is -0.427. The van der Waals surface area contributed by atoms with E-state index >= 15 is 0 Å². The van der Waals surface area contributed by atoms with Crippen molar-refractivity contribution in [2.24, 2.45) is 0 Å². The van der Waals surface area contributed by atoms with E-state index in [1.807, 2.05) is 0 Å². The van der Waals surface area contributed by atoms with Crippen molar-refractivity contribution in [1.29, 1.82) is 0 Å². The standard InChI is InChI=1S/C21H25FN4O3/c1-25(8-9-26-10-12-29-13-11-26)21(28)24-18-6-2-4-16(14-18)20(27)23-19-7-3-5-17(22)15-19/h2-7,14-15H,8-13H2,1H3,(H,23,27)(H,24,28). The van der Waals surface area contributed by atoms with Crippen molar-refractivity contribution in [1.82, 2.24) is 9.80 Å². The van der Waals surface area contributed by atoms with Crippen LogP contribution in [0.2, 0.25) is 0 Å². The Hall–Kier alpha value is -2.97. The van der Waals surface area contributed by atoms with Gasteiger partial charge in [-0.25, -0.2) is 9.18 Å². The van der Waals surface area contributed by atoms with E-state index in [1.165, 1.54) is 18.2 Å². The number of urea groups is 1. The van der Waals surface area contributed by atoms with Gasteiger partial charge in [0.25, 0.3) is 5.91 Å². The maximum absolute atomic E-state index is 13.3. The van der Waals surface area contributed by atoms with Crippen LogP contribution in [0.25, 0.3) is 0 Å². The molecule has 29 heavy (non-hydrogen) atoms. The number of ether oxygens (including phenoxy) is 1. The molecule has 3 rings (SSSR count). The average molecular weight is 400 g/mol. The fourth-order valence-electron chi connectivity index (χ4n) is 2.94. The van der Waals surface area contributed by atoms with Gasteiger partial charge in [0.1, 0.15) is 5.82 Å². The van der Waals surface area contributed by atoms with Crippen molar-refractivity contribution in [2.45, 2.75) is 0 Å². The number of carbonyl (C=O) groups excluding carboxylic acids is 2. The molecule has 3 amide bonds. The maximum atomic E-state index is 13.3. The predicted molar refractivity (Wildman–Crippen MR) is 110 cm³/mol. The molecule has 0 aromatic heterocycles. The largest absolute Gasteiger partial charge is 0.379 e. The highest BCUT2D eigenvalue weighted by molar-refractivity contribution is 6.05. The van der Waals surface area contributed by atoms with E-state index in [0.29, 0.717) is 23.5 Å².